The quantitative estimate of drug-likeness (QED) is 0.607. The highest BCUT2D eigenvalue weighted by molar-refractivity contribution is 7.12. The van der Waals surface area contributed by atoms with Gasteiger partial charge in [0.15, 0.2) is 0 Å². The molecular formula is C20H17N3O3S. The Bertz CT molecular complexity index is 966. The Morgan fingerprint density at radius 1 is 0.778 bits per heavy atom. The minimum atomic E-state index is -0.448. The maximum atomic E-state index is 12.3. The van der Waals surface area contributed by atoms with Gasteiger partial charge >= 0.3 is 0 Å². The minimum Gasteiger partial charge on any atom is -0.322 e. The third-order valence-electron chi connectivity index (χ3n) is 3.83. The van der Waals surface area contributed by atoms with Crippen LogP contribution in [0.3, 0.4) is 0 Å². The average Bonchev–Trinajstić information content (AvgIpc) is 3.21. The lowest BCUT2D eigenvalue weighted by Gasteiger charge is -2.09. The molecule has 0 atom stereocenters. The number of aryl methyl sites for hydroxylation is 1. The number of thiophene rings is 1. The van der Waals surface area contributed by atoms with Gasteiger partial charge in [-0.3, -0.25) is 25.2 Å². The van der Waals surface area contributed by atoms with E-state index in [1.54, 1.807) is 53.9 Å². The number of amides is 3. The molecular weight excluding hydrogens is 362 g/mol. The van der Waals surface area contributed by atoms with E-state index >= 15 is 0 Å². The molecule has 0 radical (unpaired) electrons. The van der Waals surface area contributed by atoms with Gasteiger partial charge in [-0.15, -0.1) is 11.3 Å². The molecule has 7 heteroatoms. The van der Waals surface area contributed by atoms with Crippen LogP contribution in [-0.2, 0) is 0 Å². The molecule has 1 heterocycles. The molecule has 0 unspecified atom stereocenters. The third kappa shape index (κ3) is 4.59. The van der Waals surface area contributed by atoms with Gasteiger partial charge in [-0.1, -0.05) is 24.3 Å². The van der Waals surface area contributed by atoms with Crippen LogP contribution in [0.2, 0.25) is 0 Å². The monoisotopic (exact) mass is 379 g/mol. The molecule has 1 aromatic heterocycles. The predicted molar refractivity (Wildman–Crippen MR) is 105 cm³/mol. The lowest BCUT2D eigenvalue weighted by atomic mass is 10.1. The van der Waals surface area contributed by atoms with Gasteiger partial charge < -0.3 is 5.32 Å². The number of carbonyl (C=O) groups excluding carboxylic acids is 3. The fraction of sp³-hybridized carbons (Fsp3) is 0.0500. The molecule has 27 heavy (non-hydrogen) atoms. The molecule has 0 bridgehead atoms. The van der Waals surface area contributed by atoms with Gasteiger partial charge in [-0.2, -0.15) is 0 Å². The van der Waals surface area contributed by atoms with Crippen molar-refractivity contribution in [2.75, 3.05) is 5.32 Å². The fourth-order valence-corrected chi connectivity index (χ4v) is 3.01. The SMILES string of the molecule is Cc1ccccc1C(=O)Nc1ccc(C(=O)NNC(=O)c2cccs2)cc1. The zero-order valence-electron chi connectivity index (χ0n) is 14.5. The minimum absolute atomic E-state index is 0.214. The molecule has 2 aromatic carbocycles. The molecule has 3 rings (SSSR count). The Hall–Kier alpha value is -3.45. The Morgan fingerprint density at radius 2 is 1.48 bits per heavy atom. The van der Waals surface area contributed by atoms with Crippen molar-refractivity contribution in [1.29, 1.82) is 0 Å². The zero-order valence-corrected chi connectivity index (χ0v) is 15.3. The summed E-state index contributed by atoms with van der Waals surface area (Å²) in [5.74, 6) is -1.04. The Kier molecular flexibility index (Phi) is 5.63. The first kappa shape index (κ1) is 18.3. The van der Waals surface area contributed by atoms with Crippen molar-refractivity contribution < 1.29 is 14.4 Å². The predicted octanol–water partition coefficient (Wildman–Crippen LogP) is 3.38. The first-order valence-corrected chi connectivity index (χ1v) is 9.04. The second-order valence-corrected chi connectivity index (χ2v) is 6.68. The average molecular weight is 379 g/mol. The van der Waals surface area contributed by atoms with E-state index in [0.717, 1.165) is 5.56 Å². The first-order valence-electron chi connectivity index (χ1n) is 8.16. The second-order valence-electron chi connectivity index (χ2n) is 5.73. The van der Waals surface area contributed by atoms with Crippen molar-refractivity contribution in [1.82, 2.24) is 10.9 Å². The number of rotatable bonds is 4. The molecule has 0 aliphatic heterocycles. The number of benzene rings is 2. The summed E-state index contributed by atoms with van der Waals surface area (Å²) in [7, 11) is 0. The Labute approximate surface area is 160 Å². The Morgan fingerprint density at radius 3 is 2.15 bits per heavy atom. The Balaban J connectivity index is 1.58. The van der Waals surface area contributed by atoms with Gasteiger partial charge in [-0.05, 0) is 54.3 Å². The molecule has 0 aliphatic carbocycles. The van der Waals surface area contributed by atoms with Crippen molar-refractivity contribution in [3.63, 3.8) is 0 Å². The molecule has 6 nitrogen and oxygen atoms in total. The van der Waals surface area contributed by atoms with E-state index in [2.05, 4.69) is 16.2 Å². The van der Waals surface area contributed by atoms with Crippen molar-refractivity contribution in [3.05, 3.63) is 87.6 Å². The number of hydrogen-bond donors (Lipinski definition) is 3. The summed E-state index contributed by atoms with van der Waals surface area (Å²) in [4.78, 5) is 36.7. The van der Waals surface area contributed by atoms with Gasteiger partial charge in [0, 0.05) is 16.8 Å². The molecule has 0 spiro atoms. The molecule has 0 aliphatic rings. The van der Waals surface area contributed by atoms with Gasteiger partial charge in [0.1, 0.15) is 0 Å². The molecule has 0 saturated heterocycles. The van der Waals surface area contributed by atoms with Crippen molar-refractivity contribution in [3.8, 4) is 0 Å². The maximum Gasteiger partial charge on any atom is 0.279 e. The summed E-state index contributed by atoms with van der Waals surface area (Å²) in [6.45, 7) is 1.87. The van der Waals surface area contributed by atoms with Gasteiger partial charge in [0.05, 0.1) is 4.88 Å². The molecule has 136 valence electrons. The largest absolute Gasteiger partial charge is 0.322 e. The number of carbonyl (C=O) groups is 3. The lowest BCUT2D eigenvalue weighted by molar-refractivity contribution is 0.0849. The third-order valence-corrected chi connectivity index (χ3v) is 4.70. The smallest absolute Gasteiger partial charge is 0.279 e. The number of nitrogens with one attached hydrogen (secondary N) is 3. The van der Waals surface area contributed by atoms with Gasteiger partial charge in [-0.25, -0.2) is 0 Å². The van der Waals surface area contributed by atoms with Crippen LogP contribution in [0, 0.1) is 6.92 Å². The van der Waals surface area contributed by atoms with Gasteiger partial charge in [0.25, 0.3) is 17.7 Å². The standard InChI is InChI=1S/C20H17N3O3S/c1-13-5-2-3-6-16(13)19(25)21-15-10-8-14(9-11-15)18(24)22-23-20(26)17-7-4-12-27-17/h2-12H,1H3,(H,21,25)(H,22,24)(H,23,26). The summed E-state index contributed by atoms with van der Waals surface area (Å²) in [6.07, 6.45) is 0. The van der Waals surface area contributed by atoms with Crippen LogP contribution >= 0.6 is 11.3 Å². The molecule has 0 saturated carbocycles. The molecule has 3 aromatic rings. The van der Waals surface area contributed by atoms with Crippen molar-refractivity contribution in [2.24, 2.45) is 0 Å². The number of anilines is 1. The number of hydrazine groups is 1. The topological polar surface area (TPSA) is 87.3 Å². The van der Waals surface area contributed by atoms with Crippen LogP contribution in [0.4, 0.5) is 5.69 Å². The summed E-state index contributed by atoms with van der Waals surface area (Å²) in [5, 5.41) is 4.57. The van der Waals surface area contributed by atoms with Crippen LogP contribution in [0.5, 0.6) is 0 Å². The van der Waals surface area contributed by atoms with Crippen LogP contribution in [0.1, 0.15) is 36.0 Å². The van der Waals surface area contributed by atoms with E-state index in [0.29, 0.717) is 21.7 Å². The summed E-state index contributed by atoms with van der Waals surface area (Å²) in [6, 6.07) is 17.1. The second kappa shape index (κ2) is 8.29. The van der Waals surface area contributed by atoms with Crippen LogP contribution in [0.15, 0.2) is 66.0 Å². The summed E-state index contributed by atoms with van der Waals surface area (Å²) < 4.78 is 0. The maximum absolute atomic E-state index is 12.3. The first-order chi connectivity index (χ1) is 13.0. The molecule has 0 fully saturated rings. The van der Waals surface area contributed by atoms with E-state index in [4.69, 9.17) is 0 Å². The zero-order chi connectivity index (χ0) is 19.2. The van der Waals surface area contributed by atoms with Crippen LogP contribution in [-0.4, -0.2) is 17.7 Å². The lowest BCUT2D eigenvalue weighted by Crippen LogP contribution is -2.41. The van der Waals surface area contributed by atoms with Crippen molar-refractivity contribution >= 4 is 34.7 Å². The van der Waals surface area contributed by atoms with E-state index in [9.17, 15) is 14.4 Å². The van der Waals surface area contributed by atoms with Gasteiger partial charge in [0.2, 0.25) is 0 Å². The number of hydrogen-bond acceptors (Lipinski definition) is 4. The molecule has 3 amide bonds. The van der Waals surface area contributed by atoms with Crippen molar-refractivity contribution in [2.45, 2.75) is 6.92 Å². The van der Waals surface area contributed by atoms with Crippen LogP contribution < -0.4 is 16.2 Å². The highest BCUT2D eigenvalue weighted by Crippen LogP contribution is 2.13. The van der Waals surface area contributed by atoms with E-state index in [1.165, 1.54) is 11.3 Å². The summed E-state index contributed by atoms with van der Waals surface area (Å²) in [5.41, 5.74) is 7.13. The van der Waals surface area contributed by atoms with Crippen LogP contribution in [0.25, 0.3) is 0 Å². The van der Waals surface area contributed by atoms with E-state index in [1.807, 2.05) is 19.1 Å². The van der Waals surface area contributed by atoms with E-state index in [-0.39, 0.29) is 11.8 Å². The van der Waals surface area contributed by atoms with E-state index < -0.39 is 5.91 Å². The highest BCUT2D eigenvalue weighted by Gasteiger charge is 2.11. The highest BCUT2D eigenvalue weighted by atomic mass is 32.1. The summed E-state index contributed by atoms with van der Waals surface area (Å²) >= 11 is 1.28. The normalized spacial score (nSPS) is 10.1. The molecule has 3 N–H and O–H groups in total. The fourth-order valence-electron chi connectivity index (χ4n) is 2.39.